The molecular weight excluding hydrogens is 273 g/mol. The van der Waals surface area contributed by atoms with E-state index in [0.717, 1.165) is 0 Å². The number of halogens is 3. The Labute approximate surface area is 114 Å². The summed E-state index contributed by atoms with van der Waals surface area (Å²) in [6.45, 7) is 1.91. The van der Waals surface area contributed by atoms with Gasteiger partial charge in [0.15, 0.2) is 0 Å². The Hall–Kier alpha value is -1.50. The van der Waals surface area contributed by atoms with Gasteiger partial charge >= 0.3 is 6.18 Å². The second kappa shape index (κ2) is 5.47. The molecular formula is C13H17F3N2O2. The van der Waals surface area contributed by atoms with Crippen molar-refractivity contribution in [1.29, 1.82) is 0 Å². The molecule has 1 amide bonds. The number of likely N-dealkylation sites (N-methyl/N-ethyl adjacent to an activating group) is 1. The zero-order valence-electron chi connectivity index (χ0n) is 11.3. The summed E-state index contributed by atoms with van der Waals surface area (Å²) in [5.74, 6) is 0.304. The van der Waals surface area contributed by atoms with Crippen LogP contribution in [0.5, 0.6) is 0 Å². The highest BCUT2D eigenvalue weighted by molar-refractivity contribution is 5.94. The molecule has 1 fully saturated rings. The van der Waals surface area contributed by atoms with E-state index < -0.39 is 12.2 Å². The molecule has 0 spiro atoms. The molecule has 1 aromatic rings. The van der Waals surface area contributed by atoms with E-state index in [9.17, 15) is 18.0 Å². The first kappa shape index (κ1) is 14.9. The number of furan rings is 1. The summed E-state index contributed by atoms with van der Waals surface area (Å²) in [7, 11) is 1.43. The lowest BCUT2D eigenvalue weighted by atomic mass is 9.98. The molecule has 0 unspecified atom stereocenters. The van der Waals surface area contributed by atoms with Crippen molar-refractivity contribution in [2.24, 2.45) is 0 Å². The highest BCUT2D eigenvalue weighted by Crippen LogP contribution is 2.30. The van der Waals surface area contributed by atoms with Gasteiger partial charge in [-0.15, -0.1) is 0 Å². The molecule has 0 bridgehead atoms. The average Bonchev–Trinajstić information content (AvgIpc) is 2.74. The minimum Gasteiger partial charge on any atom is -0.469 e. The van der Waals surface area contributed by atoms with Crippen LogP contribution in [0.4, 0.5) is 13.2 Å². The van der Waals surface area contributed by atoms with E-state index in [4.69, 9.17) is 4.42 Å². The molecule has 112 valence electrons. The van der Waals surface area contributed by atoms with Gasteiger partial charge in [-0.2, -0.15) is 13.2 Å². The quantitative estimate of drug-likeness (QED) is 0.909. The van der Waals surface area contributed by atoms with Crippen LogP contribution < -0.4 is 5.32 Å². The summed E-state index contributed by atoms with van der Waals surface area (Å²) in [6, 6.07) is -0.103. The van der Waals surface area contributed by atoms with Gasteiger partial charge in [0, 0.05) is 12.6 Å². The predicted molar refractivity (Wildman–Crippen MR) is 66.4 cm³/mol. The van der Waals surface area contributed by atoms with Crippen LogP contribution in [-0.2, 0) is 0 Å². The molecule has 2 atom stereocenters. The number of hydrogen-bond acceptors (Lipinski definition) is 3. The molecule has 0 aromatic carbocycles. The Bertz CT molecular complexity index is 484. The molecule has 2 rings (SSSR count). The highest BCUT2D eigenvalue weighted by Gasteiger charge is 2.44. The van der Waals surface area contributed by atoms with Gasteiger partial charge in [0.1, 0.15) is 18.1 Å². The maximum atomic E-state index is 12.7. The van der Waals surface area contributed by atoms with Crippen LogP contribution in [-0.4, -0.2) is 42.7 Å². The fourth-order valence-electron chi connectivity index (χ4n) is 2.51. The molecule has 0 aliphatic carbocycles. The van der Waals surface area contributed by atoms with Crippen molar-refractivity contribution in [3.8, 4) is 0 Å². The van der Waals surface area contributed by atoms with Crippen LogP contribution >= 0.6 is 0 Å². The molecule has 20 heavy (non-hydrogen) atoms. The third-order valence-corrected chi connectivity index (χ3v) is 3.53. The van der Waals surface area contributed by atoms with Gasteiger partial charge in [0.25, 0.3) is 5.91 Å². The van der Waals surface area contributed by atoms with E-state index in [0.29, 0.717) is 17.7 Å². The molecule has 0 saturated carbocycles. The first-order chi connectivity index (χ1) is 9.27. The molecule has 1 aromatic heterocycles. The number of carbonyl (C=O) groups excluding carboxylic acids is 1. The molecule has 1 aliphatic rings. The Kier molecular flexibility index (Phi) is 4.08. The zero-order valence-corrected chi connectivity index (χ0v) is 11.3. The number of piperidine rings is 1. The van der Waals surface area contributed by atoms with E-state index in [1.165, 1.54) is 18.2 Å². The van der Waals surface area contributed by atoms with Crippen molar-refractivity contribution in [1.82, 2.24) is 10.2 Å². The van der Waals surface area contributed by atoms with Crippen molar-refractivity contribution in [2.45, 2.75) is 38.0 Å². The van der Waals surface area contributed by atoms with Crippen LogP contribution in [0.3, 0.4) is 0 Å². The number of nitrogens with zero attached hydrogens (tertiary/aromatic N) is 1. The molecule has 1 aliphatic heterocycles. The van der Waals surface area contributed by atoms with Crippen LogP contribution in [0.1, 0.15) is 29.0 Å². The van der Waals surface area contributed by atoms with Gasteiger partial charge in [-0.05, 0) is 32.9 Å². The lowest BCUT2D eigenvalue weighted by molar-refractivity contribution is -0.188. The first-order valence-electron chi connectivity index (χ1n) is 6.40. The number of carbonyl (C=O) groups is 1. The number of nitrogens with one attached hydrogen (secondary N) is 1. The second-order valence-corrected chi connectivity index (χ2v) is 5.19. The predicted octanol–water partition coefficient (Wildman–Crippen LogP) is 2.34. The monoisotopic (exact) mass is 290 g/mol. The normalized spacial score (nSPS) is 24.6. The third kappa shape index (κ3) is 3.33. The lowest BCUT2D eigenvalue weighted by Crippen LogP contribution is -2.54. The number of rotatable bonds is 2. The molecule has 7 heteroatoms. The molecule has 2 heterocycles. The van der Waals surface area contributed by atoms with E-state index in [1.54, 1.807) is 13.0 Å². The molecule has 1 N–H and O–H groups in total. The highest BCUT2D eigenvalue weighted by atomic mass is 19.4. The van der Waals surface area contributed by atoms with Crippen molar-refractivity contribution in [2.75, 3.05) is 13.6 Å². The summed E-state index contributed by atoms with van der Waals surface area (Å²) in [5, 5.41) is 2.74. The topological polar surface area (TPSA) is 45.5 Å². The summed E-state index contributed by atoms with van der Waals surface area (Å²) in [4.78, 5) is 13.1. The molecule has 0 radical (unpaired) electrons. The fourth-order valence-corrected chi connectivity index (χ4v) is 2.51. The van der Waals surface area contributed by atoms with Gasteiger partial charge < -0.3 is 9.73 Å². The Balaban J connectivity index is 1.92. The number of likely N-dealkylation sites (tertiary alicyclic amines) is 1. The van der Waals surface area contributed by atoms with Gasteiger partial charge in [-0.25, -0.2) is 0 Å². The lowest BCUT2D eigenvalue weighted by Gasteiger charge is -2.38. The maximum Gasteiger partial charge on any atom is 0.404 e. The van der Waals surface area contributed by atoms with Gasteiger partial charge in [0.05, 0.1) is 5.56 Å². The SMILES string of the molecule is Cc1cc(C(=O)N[C@H]2CC[C@@H](C(F)(F)F)N(C)C2)co1. The van der Waals surface area contributed by atoms with Crippen LogP contribution in [0.15, 0.2) is 16.7 Å². The van der Waals surface area contributed by atoms with E-state index in [1.807, 2.05) is 0 Å². The number of alkyl halides is 3. The summed E-state index contributed by atoms with van der Waals surface area (Å²) in [6.07, 6.45) is -2.56. The third-order valence-electron chi connectivity index (χ3n) is 3.53. The summed E-state index contributed by atoms with van der Waals surface area (Å²) < 4.78 is 43.2. The van der Waals surface area contributed by atoms with Crippen LogP contribution in [0.2, 0.25) is 0 Å². The van der Waals surface area contributed by atoms with E-state index >= 15 is 0 Å². The van der Waals surface area contributed by atoms with Crippen LogP contribution in [0.25, 0.3) is 0 Å². The van der Waals surface area contributed by atoms with E-state index in [-0.39, 0.29) is 24.9 Å². The Morgan fingerprint density at radius 2 is 2.15 bits per heavy atom. The van der Waals surface area contributed by atoms with Crippen LogP contribution in [0, 0.1) is 6.92 Å². The van der Waals surface area contributed by atoms with Crippen molar-refractivity contribution < 1.29 is 22.4 Å². The van der Waals surface area contributed by atoms with Gasteiger partial charge in [0.2, 0.25) is 0 Å². The fraction of sp³-hybridized carbons (Fsp3) is 0.615. The number of aryl methyl sites for hydroxylation is 1. The Morgan fingerprint density at radius 3 is 2.65 bits per heavy atom. The molecule has 1 saturated heterocycles. The summed E-state index contributed by atoms with van der Waals surface area (Å²) >= 11 is 0. The van der Waals surface area contributed by atoms with Gasteiger partial charge in [-0.3, -0.25) is 9.69 Å². The molecule has 4 nitrogen and oxygen atoms in total. The minimum absolute atomic E-state index is 0.00460. The van der Waals surface area contributed by atoms with Gasteiger partial charge in [-0.1, -0.05) is 0 Å². The minimum atomic E-state index is -4.22. The maximum absolute atomic E-state index is 12.7. The van der Waals surface area contributed by atoms with Crippen molar-refractivity contribution in [3.05, 3.63) is 23.7 Å². The largest absolute Gasteiger partial charge is 0.469 e. The summed E-state index contributed by atoms with van der Waals surface area (Å²) in [5.41, 5.74) is 0.392. The average molecular weight is 290 g/mol. The first-order valence-corrected chi connectivity index (χ1v) is 6.40. The zero-order chi connectivity index (χ0) is 14.9. The smallest absolute Gasteiger partial charge is 0.404 e. The van der Waals surface area contributed by atoms with Crippen molar-refractivity contribution in [3.63, 3.8) is 0 Å². The van der Waals surface area contributed by atoms with E-state index in [2.05, 4.69) is 5.32 Å². The Morgan fingerprint density at radius 1 is 1.45 bits per heavy atom. The second-order valence-electron chi connectivity index (χ2n) is 5.19. The van der Waals surface area contributed by atoms with Crippen molar-refractivity contribution >= 4 is 5.91 Å². The number of amides is 1. The standard InChI is InChI=1S/C13H17F3N2O2/c1-8-5-9(7-20-8)12(19)17-10-3-4-11(13(14,15)16)18(2)6-10/h5,7,10-11H,3-4,6H2,1-2H3,(H,17,19)/t10-,11-/m0/s1. The number of hydrogen-bond donors (Lipinski definition) is 1.